The molecule has 3 amide bonds. The summed E-state index contributed by atoms with van der Waals surface area (Å²) in [5.74, 6) is -0.332. The highest BCUT2D eigenvalue weighted by molar-refractivity contribution is 6.10. The molecule has 0 bridgehead atoms. The molecule has 2 aliphatic rings. The largest absolute Gasteiger partial charge is 0.496 e. The summed E-state index contributed by atoms with van der Waals surface area (Å²) < 4.78 is 11.2. The van der Waals surface area contributed by atoms with Crippen molar-refractivity contribution in [2.24, 2.45) is 0 Å². The van der Waals surface area contributed by atoms with Crippen LogP contribution in [-0.2, 0) is 24.5 Å². The number of benzene rings is 1. The molecular formula is C21H28N2O5. The molecule has 152 valence electrons. The number of hydrogen-bond donors (Lipinski definition) is 0. The van der Waals surface area contributed by atoms with Gasteiger partial charge in [0, 0.05) is 45.7 Å². The molecule has 3 rings (SSSR count). The summed E-state index contributed by atoms with van der Waals surface area (Å²) in [6, 6.07) is 7.10. The van der Waals surface area contributed by atoms with E-state index in [4.69, 9.17) is 9.47 Å². The van der Waals surface area contributed by atoms with Crippen LogP contribution in [-0.4, -0.2) is 68.0 Å². The first kappa shape index (κ1) is 20.3. The molecule has 2 aliphatic heterocycles. The number of para-hydroxylation sites is 1. The van der Waals surface area contributed by atoms with Gasteiger partial charge in [0.15, 0.2) is 0 Å². The average molecular weight is 388 g/mol. The maximum atomic E-state index is 13.1. The second-order valence-electron chi connectivity index (χ2n) is 7.66. The van der Waals surface area contributed by atoms with Crippen LogP contribution in [0.4, 0.5) is 0 Å². The number of rotatable bonds is 6. The molecule has 0 aliphatic carbocycles. The van der Waals surface area contributed by atoms with Gasteiger partial charge in [-0.2, -0.15) is 0 Å². The smallest absolute Gasteiger partial charge is 0.240 e. The monoisotopic (exact) mass is 388 g/mol. The second-order valence-corrected chi connectivity index (χ2v) is 7.66. The van der Waals surface area contributed by atoms with Crippen LogP contribution in [0, 0.1) is 0 Å². The molecular weight excluding hydrogens is 360 g/mol. The van der Waals surface area contributed by atoms with E-state index in [0.717, 1.165) is 30.8 Å². The van der Waals surface area contributed by atoms with Crippen molar-refractivity contribution in [3.63, 3.8) is 0 Å². The quantitative estimate of drug-likeness (QED) is 0.694. The number of nitrogens with zero attached hydrogens (tertiary/aromatic N) is 2. The van der Waals surface area contributed by atoms with Crippen LogP contribution < -0.4 is 4.74 Å². The normalized spacial score (nSPS) is 25.1. The lowest BCUT2D eigenvalue weighted by Crippen LogP contribution is -2.44. The fourth-order valence-electron chi connectivity index (χ4n) is 4.12. The summed E-state index contributed by atoms with van der Waals surface area (Å²) in [6.07, 6.45) is 2.97. The molecule has 0 N–H and O–H groups in total. The molecule has 0 aromatic heterocycles. The first-order valence-electron chi connectivity index (χ1n) is 9.69. The minimum Gasteiger partial charge on any atom is -0.496 e. The number of likely N-dealkylation sites (tertiary alicyclic amines) is 1. The maximum Gasteiger partial charge on any atom is 0.240 e. The van der Waals surface area contributed by atoms with Crippen LogP contribution in [0.2, 0.25) is 0 Å². The Labute approximate surface area is 165 Å². The average Bonchev–Trinajstić information content (AvgIpc) is 2.93. The van der Waals surface area contributed by atoms with E-state index < -0.39 is 5.41 Å². The lowest BCUT2D eigenvalue weighted by Gasteiger charge is -2.32. The highest BCUT2D eigenvalue weighted by Gasteiger charge is 2.54. The van der Waals surface area contributed by atoms with Crippen LogP contribution in [0.5, 0.6) is 5.75 Å². The standard InChI is InChI=1S/C21H28N2O5/c1-22(14-15-8-6-7-11-28-15)18(24)12-21(13-19(25)23(2)20(21)26)16-9-4-5-10-17(16)27-3/h4-5,9-10,15H,6-8,11-14H2,1-3H3. The molecule has 1 aromatic carbocycles. The molecule has 1 aromatic rings. The molecule has 0 saturated carbocycles. The molecule has 28 heavy (non-hydrogen) atoms. The van der Waals surface area contributed by atoms with Gasteiger partial charge in [-0.05, 0) is 25.3 Å². The van der Waals surface area contributed by atoms with E-state index in [0.29, 0.717) is 17.9 Å². The molecule has 7 nitrogen and oxygen atoms in total. The van der Waals surface area contributed by atoms with Gasteiger partial charge in [0.2, 0.25) is 17.7 Å². The highest BCUT2D eigenvalue weighted by atomic mass is 16.5. The SMILES string of the molecule is COc1ccccc1C1(CC(=O)N(C)CC2CCCCO2)CC(=O)N(C)C1=O. The number of carbonyl (C=O) groups excluding carboxylic acids is 3. The number of amides is 3. The first-order valence-corrected chi connectivity index (χ1v) is 9.69. The van der Waals surface area contributed by atoms with Crippen LogP contribution >= 0.6 is 0 Å². The molecule has 0 radical (unpaired) electrons. The molecule has 2 atom stereocenters. The molecule has 0 spiro atoms. The van der Waals surface area contributed by atoms with Gasteiger partial charge in [0.25, 0.3) is 0 Å². The van der Waals surface area contributed by atoms with Crippen molar-refractivity contribution >= 4 is 17.7 Å². The van der Waals surface area contributed by atoms with Crippen molar-refractivity contribution < 1.29 is 23.9 Å². The van der Waals surface area contributed by atoms with Crippen molar-refractivity contribution in [1.82, 2.24) is 9.80 Å². The van der Waals surface area contributed by atoms with Crippen molar-refractivity contribution in [1.29, 1.82) is 0 Å². The summed E-state index contributed by atoms with van der Waals surface area (Å²) in [4.78, 5) is 41.3. The van der Waals surface area contributed by atoms with Crippen LogP contribution in [0.3, 0.4) is 0 Å². The predicted molar refractivity (Wildman–Crippen MR) is 103 cm³/mol. The maximum absolute atomic E-state index is 13.1. The van der Waals surface area contributed by atoms with Gasteiger partial charge >= 0.3 is 0 Å². The Morgan fingerprint density at radius 1 is 1.32 bits per heavy atom. The number of ether oxygens (including phenoxy) is 2. The van der Waals surface area contributed by atoms with Crippen LogP contribution in [0.1, 0.15) is 37.7 Å². The zero-order valence-corrected chi connectivity index (χ0v) is 16.8. The van der Waals surface area contributed by atoms with E-state index in [1.807, 2.05) is 0 Å². The molecule has 2 saturated heterocycles. The van der Waals surface area contributed by atoms with E-state index in [2.05, 4.69) is 0 Å². The topological polar surface area (TPSA) is 76.2 Å². The van der Waals surface area contributed by atoms with Crippen molar-refractivity contribution in [3.8, 4) is 5.75 Å². The zero-order chi connectivity index (χ0) is 20.3. The highest BCUT2D eigenvalue weighted by Crippen LogP contribution is 2.43. The van der Waals surface area contributed by atoms with Gasteiger partial charge in [-0.15, -0.1) is 0 Å². The third kappa shape index (κ3) is 3.76. The molecule has 2 unspecified atom stereocenters. The van der Waals surface area contributed by atoms with Gasteiger partial charge in [-0.25, -0.2) is 0 Å². The summed E-state index contributed by atoms with van der Waals surface area (Å²) in [5.41, 5.74) is -0.659. The first-order chi connectivity index (χ1) is 13.4. The van der Waals surface area contributed by atoms with E-state index in [1.165, 1.54) is 14.2 Å². The Morgan fingerprint density at radius 2 is 2.07 bits per heavy atom. The van der Waals surface area contributed by atoms with E-state index in [9.17, 15) is 14.4 Å². The number of imide groups is 1. The van der Waals surface area contributed by atoms with Crippen molar-refractivity contribution in [2.75, 3.05) is 34.4 Å². The van der Waals surface area contributed by atoms with Crippen LogP contribution in [0.25, 0.3) is 0 Å². The second kappa shape index (κ2) is 8.31. The van der Waals surface area contributed by atoms with E-state index in [1.54, 1.807) is 36.2 Å². The van der Waals surface area contributed by atoms with E-state index in [-0.39, 0.29) is 36.7 Å². The predicted octanol–water partition coefficient (Wildman–Crippen LogP) is 1.74. The molecule has 7 heteroatoms. The summed E-state index contributed by atoms with van der Waals surface area (Å²) in [6.45, 7) is 1.20. The Hall–Kier alpha value is -2.41. The Bertz CT molecular complexity index is 759. The van der Waals surface area contributed by atoms with Gasteiger partial charge < -0.3 is 14.4 Å². The summed E-state index contributed by atoms with van der Waals surface area (Å²) in [7, 11) is 4.71. The third-order valence-corrected chi connectivity index (χ3v) is 5.79. The van der Waals surface area contributed by atoms with E-state index >= 15 is 0 Å². The summed E-state index contributed by atoms with van der Waals surface area (Å²) in [5, 5.41) is 0. The Kier molecular flexibility index (Phi) is 6.03. The lowest BCUT2D eigenvalue weighted by atomic mass is 9.75. The third-order valence-electron chi connectivity index (χ3n) is 5.79. The Morgan fingerprint density at radius 3 is 2.68 bits per heavy atom. The molecule has 2 fully saturated rings. The summed E-state index contributed by atoms with van der Waals surface area (Å²) >= 11 is 0. The Balaban J connectivity index is 1.87. The van der Waals surface area contributed by atoms with Crippen molar-refractivity contribution in [3.05, 3.63) is 29.8 Å². The van der Waals surface area contributed by atoms with Gasteiger partial charge in [0.05, 0.1) is 18.6 Å². The number of hydrogen-bond acceptors (Lipinski definition) is 5. The number of methoxy groups -OCH3 is 1. The van der Waals surface area contributed by atoms with Crippen molar-refractivity contribution in [2.45, 2.75) is 43.6 Å². The lowest BCUT2D eigenvalue weighted by molar-refractivity contribution is -0.141. The van der Waals surface area contributed by atoms with Gasteiger partial charge in [-0.3, -0.25) is 19.3 Å². The zero-order valence-electron chi connectivity index (χ0n) is 16.8. The molecule has 2 heterocycles. The number of likely N-dealkylation sites (N-methyl/N-ethyl adjacent to an activating group) is 2. The fourth-order valence-corrected chi connectivity index (χ4v) is 4.12. The van der Waals surface area contributed by atoms with Crippen LogP contribution in [0.15, 0.2) is 24.3 Å². The minimum atomic E-state index is -1.24. The fraction of sp³-hybridized carbons (Fsp3) is 0.571. The van der Waals surface area contributed by atoms with Gasteiger partial charge in [0.1, 0.15) is 5.75 Å². The minimum absolute atomic E-state index is 0.0218. The number of carbonyl (C=O) groups is 3. The van der Waals surface area contributed by atoms with Gasteiger partial charge in [-0.1, -0.05) is 18.2 Å².